The molecule has 1 aromatic heterocycles. The summed E-state index contributed by atoms with van der Waals surface area (Å²) in [5, 5.41) is 5.97. The van der Waals surface area contributed by atoms with Crippen LogP contribution in [0.25, 0.3) is 10.8 Å². The van der Waals surface area contributed by atoms with Gasteiger partial charge < -0.3 is 9.26 Å². The van der Waals surface area contributed by atoms with Gasteiger partial charge in [0.1, 0.15) is 5.75 Å². The van der Waals surface area contributed by atoms with Crippen molar-refractivity contribution in [3.63, 3.8) is 0 Å². The predicted octanol–water partition coefficient (Wildman–Crippen LogP) is 2.63. The maximum Gasteiger partial charge on any atom is 0.290 e. The van der Waals surface area contributed by atoms with Crippen molar-refractivity contribution in [2.75, 3.05) is 7.11 Å². The number of carbonyl (C=O) groups excluding carboxylic acids is 1. The standard InChI is InChI=1S/C15H12N2O3/c1-19-12-6-5-10-3-2-4-11(13(10)8-12)7-14-16-15(9-18)20-17-14/h2-6,8-9H,7H2,1H3. The van der Waals surface area contributed by atoms with E-state index in [1.54, 1.807) is 7.11 Å². The third-order valence-corrected chi connectivity index (χ3v) is 3.11. The van der Waals surface area contributed by atoms with E-state index in [4.69, 9.17) is 9.26 Å². The lowest BCUT2D eigenvalue weighted by Gasteiger charge is -2.06. The van der Waals surface area contributed by atoms with E-state index in [2.05, 4.69) is 10.1 Å². The smallest absolute Gasteiger partial charge is 0.290 e. The maximum atomic E-state index is 10.6. The second kappa shape index (κ2) is 5.13. The second-order valence-electron chi connectivity index (χ2n) is 4.35. The molecule has 0 aliphatic rings. The van der Waals surface area contributed by atoms with Crippen LogP contribution in [0.15, 0.2) is 40.9 Å². The lowest BCUT2D eigenvalue weighted by atomic mass is 10.0. The molecule has 0 spiro atoms. The van der Waals surface area contributed by atoms with Crippen molar-refractivity contribution in [3.8, 4) is 5.75 Å². The summed E-state index contributed by atoms with van der Waals surface area (Å²) in [5.74, 6) is 1.28. The van der Waals surface area contributed by atoms with Crippen LogP contribution in [-0.4, -0.2) is 23.5 Å². The molecule has 0 saturated heterocycles. The Balaban J connectivity index is 2.03. The van der Waals surface area contributed by atoms with Crippen molar-refractivity contribution < 1.29 is 14.1 Å². The third kappa shape index (κ3) is 2.25. The highest BCUT2D eigenvalue weighted by Gasteiger charge is 2.09. The Labute approximate surface area is 115 Å². The Hall–Kier alpha value is -2.69. The monoisotopic (exact) mass is 268 g/mol. The van der Waals surface area contributed by atoms with Crippen LogP contribution in [0.2, 0.25) is 0 Å². The Kier molecular flexibility index (Phi) is 3.16. The van der Waals surface area contributed by atoms with Gasteiger partial charge in [-0.3, -0.25) is 4.79 Å². The molecule has 2 aromatic carbocycles. The lowest BCUT2D eigenvalue weighted by molar-refractivity contribution is 0.108. The maximum absolute atomic E-state index is 10.6. The first-order valence-corrected chi connectivity index (χ1v) is 6.13. The van der Waals surface area contributed by atoms with Crippen molar-refractivity contribution in [1.82, 2.24) is 10.1 Å². The van der Waals surface area contributed by atoms with Crippen LogP contribution in [0.1, 0.15) is 22.1 Å². The first-order valence-electron chi connectivity index (χ1n) is 6.13. The molecule has 0 atom stereocenters. The molecule has 0 saturated carbocycles. The van der Waals surface area contributed by atoms with Gasteiger partial charge in [-0.25, -0.2) is 0 Å². The molecular formula is C15H12N2O3. The van der Waals surface area contributed by atoms with Crippen LogP contribution < -0.4 is 4.74 Å². The molecule has 1 heterocycles. The van der Waals surface area contributed by atoms with E-state index in [1.807, 2.05) is 36.4 Å². The molecule has 0 radical (unpaired) electrons. The fraction of sp³-hybridized carbons (Fsp3) is 0.133. The Morgan fingerprint density at radius 2 is 2.20 bits per heavy atom. The minimum Gasteiger partial charge on any atom is -0.497 e. The zero-order valence-electron chi connectivity index (χ0n) is 10.9. The number of aromatic nitrogens is 2. The number of hydrogen-bond acceptors (Lipinski definition) is 5. The summed E-state index contributed by atoms with van der Waals surface area (Å²) in [4.78, 5) is 14.6. The minimum atomic E-state index is -0.00202. The summed E-state index contributed by atoms with van der Waals surface area (Å²) in [5.41, 5.74) is 1.06. The summed E-state index contributed by atoms with van der Waals surface area (Å²) >= 11 is 0. The van der Waals surface area contributed by atoms with Crippen LogP contribution >= 0.6 is 0 Å². The molecular weight excluding hydrogens is 256 g/mol. The quantitative estimate of drug-likeness (QED) is 0.680. The Morgan fingerprint density at radius 1 is 1.30 bits per heavy atom. The topological polar surface area (TPSA) is 65.2 Å². The SMILES string of the molecule is COc1ccc2cccc(Cc3noc(C=O)n3)c2c1. The number of methoxy groups -OCH3 is 1. The molecule has 3 rings (SSSR count). The van der Waals surface area contributed by atoms with E-state index in [1.165, 1.54) is 0 Å². The second-order valence-corrected chi connectivity index (χ2v) is 4.35. The largest absolute Gasteiger partial charge is 0.497 e. The van der Waals surface area contributed by atoms with Gasteiger partial charge in [-0.05, 0) is 28.5 Å². The van der Waals surface area contributed by atoms with E-state index < -0.39 is 0 Å². The highest BCUT2D eigenvalue weighted by atomic mass is 16.5. The van der Waals surface area contributed by atoms with Crippen LogP contribution in [-0.2, 0) is 6.42 Å². The molecule has 0 amide bonds. The van der Waals surface area contributed by atoms with Crippen LogP contribution in [0, 0.1) is 0 Å². The summed E-state index contributed by atoms with van der Waals surface area (Å²) in [7, 11) is 1.64. The molecule has 5 nitrogen and oxygen atoms in total. The fourth-order valence-electron chi connectivity index (χ4n) is 2.16. The Bertz CT molecular complexity index is 765. The van der Waals surface area contributed by atoms with E-state index >= 15 is 0 Å². The van der Waals surface area contributed by atoms with E-state index in [-0.39, 0.29) is 5.89 Å². The van der Waals surface area contributed by atoms with Crippen LogP contribution in [0.3, 0.4) is 0 Å². The first-order chi connectivity index (χ1) is 9.80. The summed E-state index contributed by atoms with van der Waals surface area (Å²) < 4.78 is 10.0. The number of fused-ring (bicyclic) bond motifs is 1. The van der Waals surface area contributed by atoms with Crippen molar-refractivity contribution >= 4 is 17.1 Å². The molecule has 0 unspecified atom stereocenters. The van der Waals surface area contributed by atoms with Gasteiger partial charge in [0.15, 0.2) is 5.82 Å². The van der Waals surface area contributed by atoms with E-state index in [0.29, 0.717) is 18.5 Å². The van der Waals surface area contributed by atoms with Crippen molar-refractivity contribution in [1.29, 1.82) is 0 Å². The lowest BCUT2D eigenvalue weighted by Crippen LogP contribution is -1.93. The van der Waals surface area contributed by atoms with Crippen LogP contribution in [0.4, 0.5) is 0 Å². The van der Waals surface area contributed by atoms with Gasteiger partial charge >= 0.3 is 0 Å². The average Bonchev–Trinajstić information content (AvgIpc) is 2.95. The highest BCUT2D eigenvalue weighted by molar-refractivity contribution is 5.87. The van der Waals surface area contributed by atoms with E-state index in [0.717, 1.165) is 22.1 Å². The molecule has 0 aliphatic heterocycles. The zero-order chi connectivity index (χ0) is 13.9. The molecule has 20 heavy (non-hydrogen) atoms. The molecule has 0 fully saturated rings. The van der Waals surface area contributed by atoms with Gasteiger partial charge in [0.25, 0.3) is 5.89 Å². The number of carbonyl (C=O) groups is 1. The summed E-state index contributed by atoms with van der Waals surface area (Å²) in [6, 6.07) is 11.9. The molecule has 3 aromatic rings. The highest BCUT2D eigenvalue weighted by Crippen LogP contribution is 2.25. The third-order valence-electron chi connectivity index (χ3n) is 3.11. The number of aldehydes is 1. The van der Waals surface area contributed by atoms with Crippen molar-refractivity contribution in [3.05, 3.63) is 53.7 Å². The molecule has 0 N–H and O–H groups in total. The number of benzene rings is 2. The number of rotatable bonds is 4. The van der Waals surface area contributed by atoms with Crippen molar-refractivity contribution in [2.24, 2.45) is 0 Å². The van der Waals surface area contributed by atoms with Crippen molar-refractivity contribution in [2.45, 2.75) is 6.42 Å². The molecule has 5 heteroatoms. The number of hydrogen-bond donors (Lipinski definition) is 0. The summed E-state index contributed by atoms with van der Waals surface area (Å²) in [6.07, 6.45) is 1.05. The van der Waals surface area contributed by atoms with Gasteiger partial charge in [0.2, 0.25) is 6.29 Å². The first kappa shape index (κ1) is 12.3. The minimum absolute atomic E-state index is 0.00202. The van der Waals surface area contributed by atoms with Gasteiger partial charge in [0.05, 0.1) is 7.11 Å². The Morgan fingerprint density at radius 3 is 2.95 bits per heavy atom. The fourth-order valence-corrected chi connectivity index (χ4v) is 2.16. The molecule has 100 valence electrons. The normalized spacial score (nSPS) is 10.7. The number of ether oxygens (including phenoxy) is 1. The predicted molar refractivity (Wildman–Crippen MR) is 73.0 cm³/mol. The van der Waals surface area contributed by atoms with E-state index in [9.17, 15) is 4.79 Å². The number of nitrogens with zero attached hydrogens (tertiary/aromatic N) is 2. The van der Waals surface area contributed by atoms with Gasteiger partial charge in [-0.2, -0.15) is 4.98 Å². The van der Waals surface area contributed by atoms with Gasteiger partial charge in [-0.1, -0.05) is 29.4 Å². The zero-order valence-corrected chi connectivity index (χ0v) is 10.9. The van der Waals surface area contributed by atoms with Crippen LogP contribution in [0.5, 0.6) is 5.75 Å². The van der Waals surface area contributed by atoms with Gasteiger partial charge in [0, 0.05) is 6.42 Å². The average molecular weight is 268 g/mol. The van der Waals surface area contributed by atoms with Gasteiger partial charge in [-0.15, -0.1) is 0 Å². The summed E-state index contributed by atoms with van der Waals surface area (Å²) in [6.45, 7) is 0. The molecule has 0 bridgehead atoms. The molecule has 0 aliphatic carbocycles.